The molecule has 2 amide bonds. The van der Waals surface area contributed by atoms with Crippen LogP contribution in [0.25, 0.3) is 5.65 Å². The van der Waals surface area contributed by atoms with Gasteiger partial charge in [0.15, 0.2) is 17.5 Å². The van der Waals surface area contributed by atoms with Crippen molar-refractivity contribution in [3.05, 3.63) is 41.1 Å². The predicted octanol–water partition coefficient (Wildman–Crippen LogP) is 4.42. The summed E-state index contributed by atoms with van der Waals surface area (Å²) in [7, 11) is 0. The molecule has 3 atom stereocenters. The molecule has 0 unspecified atom stereocenters. The van der Waals surface area contributed by atoms with Crippen LogP contribution in [0, 0.1) is 24.7 Å². The van der Waals surface area contributed by atoms with E-state index in [1.54, 1.807) is 29.9 Å². The lowest BCUT2D eigenvalue weighted by atomic mass is 9.81. The molecule has 10 nitrogen and oxygen atoms in total. The van der Waals surface area contributed by atoms with Gasteiger partial charge in [0.25, 0.3) is 11.8 Å². The number of hydrogen-bond acceptors (Lipinski definition) is 7. The number of nitrogens with one attached hydrogen (secondary N) is 2. The number of amides is 2. The van der Waals surface area contributed by atoms with E-state index in [0.717, 1.165) is 31.2 Å². The number of aryl methyl sites for hydroxylation is 1. The minimum Gasteiger partial charge on any atom is -0.346 e. The molecule has 0 radical (unpaired) electrons. The van der Waals surface area contributed by atoms with Gasteiger partial charge in [-0.15, -0.1) is 0 Å². The van der Waals surface area contributed by atoms with Crippen LogP contribution in [0.5, 0.6) is 0 Å². The number of rotatable bonds is 10. The van der Waals surface area contributed by atoms with Gasteiger partial charge in [0.1, 0.15) is 5.69 Å². The molecule has 0 spiro atoms. The Labute approximate surface area is 228 Å². The first-order valence-corrected chi connectivity index (χ1v) is 13.9. The molecule has 3 aromatic rings. The van der Waals surface area contributed by atoms with Gasteiger partial charge >= 0.3 is 0 Å². The average Bonchev–Trinajstić information content (AvgIpc) is 3.84. The third-order valence-corrected chi connectivity index (χ3v) is 8.34. The van der Waals surface area contributed by atoms with Crippen molar-refractivity contribution < 1.29 is 27.4 Å². The molecule has 0 aliphatic heterocycles. The third-order valence-electron chi connectivity index (χ3n) is 8.34. The van der Waals surface area contributed by atoms with Crippen LogP contribution in [-0.4, -0.2) is 48.8 Å². The first-order valence-electron chi connectivity index (χ1n) is 13.9. The number of fused-ring (bicyclic) bond motifs is 1. The number of halogens is 3. The van der Waals surface area contributed by atoms with Crippen LogP contribution in [-0.2, 0) is 4.79 Å². The molecule has 3 aliphatic carbocycles. The van der Waals surface area contributed by atoms with E-state index >= 15 is 0 Å². The topological polar surface area (TPSA) is 127 Å². The summed E-state index contributed by atoms with van der Waals surface area (Å²) in [5, 5.41) is 17.6. The highest BCUT2D eigenvalue weighted by Crippen LogP contribution is 2.43. The van der Waals surface area contributed by atoms with Crippen molar-refractivity contribution in [2.75, 3.05) is 0 Å². The Hall–Kier alpha value is -3.51. The van der Waals surface area contributed by atoms with Crippen LogP contribution in [0.2, 0.25) is 0 Å². The number of carbonyl (C=O) groups is 2. The van der Waals surface area contributed by atoms with Gasteiger partial charge < -0.3 is 10.6 Å². The Morgan fingerprint density at radius 1 is 1.07 bits per heavy atom. The molecule has 13 heteroatoms. The van der Waals surface area contributed by atoms with E-state index in [0.29, 0.717) is 23.0 Å². The Bertz CT molecular complexity index is 1390. The summed E-state index contributed by atoms with van der Waals surface area (Å²) < 4.78 is 48.6. The minimum absolute atomic E-state index is 0.0196. The number of imidazole rings is 1. The summed E-state index contributed by atoms with van der Waals surface area (Å²) in [6, 6.07) is 0.757. The Morgan fingerprint density at radius 2 is 1.80 bits per heavy atom. The number of aromatic nitrogens is 5. The van der Waals surface area contributed by atoms with Crippen molar-refractivity contribution in [2.45, 2.75) is 88.9 Å². The van der Waals surface area contributed by atoms with Crippen molar-refractivity contribution in [2.24, 2.45) is 17.8 Å². The monoisotopic (exact) mass is 559 g/mol. The average molecular weight is 560 g/mol. The molecule has 214 valence electrons. The molecule has 0 saturated heterocycles. The van der Waals surface area contributed by atoms with Crippen molar-refractivity contribution in [1.82, 2.24) is 35.5 Å². The molecule has 3 aliphatic rings. The maximum absolute atomic E-state index is 14.5. The van der Waals surface area contributed by atoms with Crippen molar-refractivity contribution >= 4 is 17.5 Å². The van der Waals surface area contributed by atoms with E-state index in [-0.39, 0.29) is 55.7 Å². The number of carbonyl (C=O) groups excluding carboxylic acids is 2. The summed E-state index contributed by atoms with van der Waals surface area (Å²) in [6.45, 7) is 1.59. The first-order chi connectivity index (χ1) is 19.2. The van der Waals surface area contributed by atoms with Crippen LogP contribution < -0.4 is 10.6 Å². The van der Waals surface area contributed by atoms with Crippen molar-refractivity contribution in [3.63, 3.8) is 0 Å². The lowest BCUT2D eigenvalue weighted by Gasteiger charge is -2.33. The Balaban J connectivity index is 1.25. The Morgan fingerprint density at radius 3 is 2.45 bits per heavy atom. The van der Waals surface area contributed by atoms with E-state index in [1.807, 2.05) is 0 Å². The van der Waals surface area contributed by atoms with Crippen LogP contribution in [0.4, 0.5) is 13.2 Å². The summed E-state index contributed by atoms with van der Waals surface area (Å²) in [5.74, 6) is -3.63. The standard InChI is InChI=1S/C27H32F3N7O3/c1-14-22(36-40-35-14)26(39)34-24(17-6-8-27(29,30)9-7-17)20-13-37-21(32-20)11-18(12-31-37)23(16-4-5-16)33-25(38)19(28)10-15-2-3-15/h11-13,15-17,19,23-24H,2-10H2,1H3,(H,33,38)(H,34,39)/t19-,23+,24-/m0/s1. The predicted molar refractivity (Wildman–Crippen MR) is 135 cm³/mol. The second-order valence-electron chi connectivity index (χ2n) is 11.6. The van der Waals surface area contributed by atoms with E-state index < -0.39 is 30.0 Å². The van der Waals surface area contributed by atoms with Gasteiger partial charge in [0.2, 0.25) is 5.92 Å². The van der Waals surface area contributed by atoms with E-state index in [2.05, 4.69) is 30.7 Å². The lowest BCUT2D eigenvalue weighted by molar-refractivity contribution is -0.127. The Kier molecular flexibility index (Phi) is 6.99. The highest BCUT2D eigenvalue weighted by atomic mass is 19.3. The molecule has 40 heavy (non-hydrogen) atoms. The maximum atomic E-state index is 14.5. The SMILES string of the molecule is Cc1nonc1C(=O)N[C@H](c1cn2ncc([C@H](NC(=O)[C@@H](F)CC3CC3)C3CC3)cc2n1)C1CCC(F)(F)CC1. The van der Waals surface area contributed by atoms with E-state index in [4.69, 9.17) is 4.98 Å². The molecule has 6 rings (SSSR count). The molecular formula is C27H32F3N7O3. The summed E-state index contributed by atoms with van der Waals surface area (Å²) in [4.78, 5) is 30.3. The van der Waals surface area contributed by atoms with Gasteiger partial charge in [-0.2, -0.15) is 5.10 Å². The highest BCUT2D eigenvalue weighted by Gasteiger charge is 2.40. The zero-order chi connectivity index (χ0) is 28.0. The van der Waals surface area contributed by atoms with Crippen molar-refractivity contribution in [1.29, 1.82) is 0 Å². The quantitative estimate of drug-likeness (QED) is 0.376. The summed E-state index contributed by atoms with van der Waals surface area (Å²) >= 11 is 0. The molecule has 3 aromatic heterocycles. The highest BCUT2D eigenvalue weighted by molar-refractivity contribution is 5.93. The van der Waals surface area contributed by atoms with Crippen LogP contribution in [0.1, 0.15) is 97.3 Å². The molecule has 0 bridgehead atoms. The van der Waals surface area contributed by atoms with E-state index in [9.17, 15) is 22.8 Å². The number of nitrogens with zero attached hydrogens (tertiary/aromatic N) is 5. The van der Waals surface area contributed by atoms with Gasteiger partial charge in [-0.1, -0.05) is 18.0 Å². The van der Waals surface area contributed by atoms with Gasteiger partial charge in [0, 0.05) is 12.8 Å². The fraction of sp³-hybridized carbons (Fsp3) is 0.630. The van der Waals surface area contributed by atoms with Gasteiger partial charge in [0.05, 0.1) is 30.2 Å². The normalized spacial score (nSPS) is 21.6. The first kappa shape index (κ1) is 26.7. The molecule has 3 fully saturated rings. The molecule has 2 N–H and O–H groups in total. The summed E-state index contributed by atoms with van der Waals surface area (Å²) in [6.07, 6.45) is 5.70. The largest absolute Gasteiger partial charge is 0.346 e. The molecular weight excluding hydrogens is 527 g/mol. The van der Waals surface area contributed by atoms with Gasteiger partial charge in [-0.25, -0.2) is 27.3 Å². The molecule has 3 saturated carbocycles. The third kappa shape index (κ3) is 5.83. The van der Waals surface area contributed by atoms with Crippen molar-refractivity contribution in [3.8, 4) is 0 Å². The van der Waals surface area contributed by atoms with Crippen LogP contribution in [0.15, 0.2) is 23.1 Å². The molecule has 3 heterocycles. The van der Waals surface area contributed by atoms with Gasteiger partial charge in [-0.05, 0) is 73.6 Å². The maximum Gasteiger partial charge on any atom is 0.276 e. The fourth-order valence-electron chi connectivity index (χ4n) is 5.61. The number of hydrogen-bond donors (Lipinski definition) is 2. The van der Waals surface area contributed by atoms with Crippen LogP contribution in [0.3, 0.4) is 0 Å². The van der Waals surface area contributed by atoms with Crippen LogP contribution >= 0.6 is 0 Å². The lowest BCUT2D eigenvalue weighted by Crippen LogP contribution is -2.37. The number of alkyl halides is 3. The van der Waals surface area contributed by atoms with E-state index in [1.165, 1.54) is 0 Å². The zero-order valence-corrected chi connectivity index (χ0v) is 22.2. The second-order valence-corrected chi connectivity index (χ2v) is 11.6. The smallest absolute Gasteiger partial charge is 0.276 e. The fourth-order valence-corrected chi connectivity index (χ4v) is 5.61. The minimum atomic E-state index is -2.73. The zero-order valence-electron chi connectivity index (χ0n) is 22.2. The summed E-state index contributed by atoms with van der Waals surface area (Å²) in [5.41, 5.74) is 2.01. The van der Waals surface area contributed by atoms with Gasteiger partial charge in [-0.3, -0.25) is 9.59 Å². The second kappa shape index (κ2) is 10.5. The molecule has 0 aromatic carbocycles.